The molecule has 0 aliphatic carbocycles. The Morgan fingerprint density at radius 3 is 2.38 bits per heavy atom. The Balaban J connectivity index is 1.56. The highest BCUT2D eigenvalue weighted by molar-refractivity contribution is 5.86. The number of amides is 1. The summed E-state index contributed by atoms with van der Waals surface area (Å²) in [7, 11) is 0. The molecule has 29 heavy (non-hydrogen) atoms. The van der Waals surface area contributed by atoms with Gasteiger partial charge in [0.1, 0.15) is 0 Å². The number of aromatic carboxylic acids is 1. The lowest BCUT2D eigenvalue weighted by Crippen LogP contribution is -2.51. The number of hydrogen-bond donors (Lipinski definition) is 2. The summed E-state index contributed by atoms with van der Waals surface area (Å²) in [5, 5.41) is 11.9. The monoisotopic (exact) mass is 395 g/mol. The van der Waals surface area contributed by atoms with E-state index in [2.05, 4.69) is 20.2 Å². The molecule has 1 aliphatic rings. The molecular formula is C21H25N5O3. The van der Waals surface area contributed by atoms with E-state index in [-0.39, 0.29) is 17.5 Å². The number of carbonyl (C=O) groups is 2. The van der Waals surface area contributed by atoms with Gasteiger partial charge >= 0.3 is 5.97 Å². The number of nitrogens with zero attached hydrogens (tertiary/aromatic N) is 4. The zero-order chi connectivity index (χ0) is 20.6. The fourth-order valence-corrected chi connectivity index (χ4v) is 3.21. The van der Waals surface area contributed by atoms with Crippen molar-refractivity contribution in [1.82, 2.24) is 20.2 Å². The molecule has 152 valence electrons. The predicted molar refractivity (Wildman–Crippen MR) is 111 cm³/mol. The van der Waals surface area contributed by atoms with Gasteiger partial charge in [0.15, 0.2) is 0 Å². The van der Waals surface area contributed by atoms with Crippen molar-refractivity contribution in [2.24, 2.45) is 0 Å². The Morgan fingerprint density at radius 1 is 1.14 bits per heavy atom. The summed E-state index contributed by atoms with van der Waals surface area (Å²) in [5.41, 5.74) is 1.17. The fraction of sp³-hybridized carbons (Fsp3) is 0.333. The van der Waals surface area contributed by atoms with E-state index < -0.39 is 5.97 Å². The SMILES string of the molecule is CC(=O)NC(C=Cc1ccccc1)CN1CCN(c2ncc(C(=O)O)cn2)CC1. The van der Waals surface area contributed by atoms with E-state index in [0.29, 0.717) is 5.95 Å². The molecule has 1 aliphatic heterocycles. The third-order valence-electron chi connectivity index (χ3n) is 4.70. The van der Waals surface area contributed by atoms with E-state index in [1.54, 1.807) is 0 Å². The molecule has 1 amide bonds. The maximum atomic E-state index is 11.6. The highest BCUT2D eigenvalue weighted by atomic mass is 16.4. The highest BCUT2D eigenvalue weighted by Gasteiger charge is 2.21. The van der Waals surface area contributed by atoms with E-state index in [9.17, 15) is 9.59 Å². The molecule has 2 aromatic rings. The molecule has 2 N–H and O–H groups in total. The Kier molecular flexibility index (Phi) is 6.91. The lowest BCUT2D eigenvalue weighted by Gasteiger charge is -2.36. The minimum atomic E-state index is -1.03. The van der Waals surface area contributed by atoms with Crippen molar-refractivity contribution < 1.29 is 14.7 Å². The van der Waals surface area contributed by atoms with Gasteiger partial charge in [-0.05, 0) is 5.56 Å². The summed E-state index contributed by atoms with van der Waals surface area (Å²) in [6.45, 7) is 5.33. The molecule has 0 saturated carbocycles. The molecular weight excluding hydrogens is 370 g/mol. The number of hydrogen-bond acceptors (Lipinski definition) is 6. The lowest BCUT2D eigenvalue weighted by molar-refractivity contribution is -0.119. The zero-order valence-corrected chi connectivity index (χ0v) is 16.4. The van der Waals surface area contributed by atoms with Crippen LogP contribution in [0.2, 0.25) is 0 Å². The first-order valence-corrected chi connectivity index (χ1v) is 9.54. The van der Waals surface area contributed by atoms with Crippen LogP contribution in [0.25, 0.3) is 6.08 Å². The molecule has 1 aromatic heterocycles. The number of anilines is 1. The van der Waals surface area contributed by atoms with Crippen molar-refractivity contribution in [3.63, 3.8) is 0 Å². The zero-order valence-electron chi connectivity index (χ0n) is 16.4. The molecule has 0 radical (unpaired) electrons. The lowest BCUT2D eigenvalue weighted by atomic mass is 10.1. The second-order valence-electron chi connectivity index (χ2n) is 6.94. The molecule has 0 spiro atoms. The molecule has 1 saturated heterocycles. The van der Waals surface area contributed by atoms with Crippen molar-refractivity contribution in [3.05, 3.63) is 59.9 Å². The smallest absolute Gasteiger partial charge is 0.338 e. The molecule has 1 atom stereocenters. The van der Waals surface area contributed by atoms with Gasteiger partial charge in [0.05, 0.1) is 11.6 Å². The quantitative estimate of drug-likeness (QED) is 0.733. The van der Waals surface area contributed by atoms with Crippen molar-refractivity contribution in [3.8, 4) is 0 Å². The Labute approximate surface area is 169 Å². The Bertz CT molecular complexity index is 846. The molecule has 8 heteroatoms. The van der Waals surface area contributed by atoms with E-state index in [1.807, 2.05) is 47.4 Å². The summed E-state index contributed by atoms with van der Waals surface area (Å²) < 4.78 is 0. The van der Waals surface area contributed by atoms with Crippen molar-refractivity contribution >= 4 is 23.9 Å². The second-order valence-corrected chi connectivity index (χ2v) is 6.94. The Morgan fingerprint density at radius 2 is 1.79 bits per heavy atom. The summed E-state index contributed by atoms with van der Waals surface area (Å²) in [6.07, 6.45) is 6.71. The third-order valence-corrected chi connectivity index (χ3v) is 4.70. The molecule has 8 nitrogen and oxygen atoms in total. The van der Waals surface area contributed by atoms with Crippen LogP contribution in [-0.2, 0) is 4.79 Å². The maximum absolute atomic E-state index is 11.6. The number of carboxylic acids is 1. The van der Waals surface area contributed by atoms with Crippen LogP contribution in [0.4, 0.5) is 5.95 Å². The molecule has 1 aromatic carbocycles. The van der Waals surface area contributed by atoms with Crippen LogP contribution in [0, 0.1) is 0 Å². The summed E-state index contributed by atoms with van der Waals surface area (Å²) in [5.74, 6) is -0.552. The van der Waals surface area contributed by atoms with E-state index >= 15 is 0 Å². The van der Waals surface area contributed by atoms with Gasteiger partial charge in [-0.25, -0.2) is 14.8 Å². The second kappa shape index (κ2) is 9.79. The first-order chi connectivity index (χ1) is 14.0. The number of carbonyl (C=O) groups excluding carboxylic acids is 1. The summed E-state index contributed by atoms with van der Waals surface area (Å²) >= 11 is 0. The van der Waals surface area contributed by atoms with Crippen LogP contribution >= 0.6 is 0 Å². The standard InChI is InChI=1S/C21H25N5O3/c1-16(27)24-19(8-7-17-5-3-2-4-6-17)15-25-9-11-26(12-10-25)21-22-13-18(14-23-21)20(28)29/h2-8,13-14,19H,9-12,15H2,1H3,(H,24,27)(H,28,29). The van der Waals surface area contributed by atoms with Crippen LogP contribution in [0.1, 0.15) is 22.8 Å². The maximum Gasteiger partial charge on any atom is 0.338 e. The van der Waals surface area contributed by atoms with Gasteiger partial charge in [0.25, 0.3) is 0 Å². The van der Waals surface area contributed by atoms with E-state index in [0.717, 1.165) is 38.3 Å². The summed E-state index contributed by atoms with van der Waals surface area (Å²) in [6, 6.07) is 9.91. The normalized spacial score (nSPS) is 16.0. The van der Waals surface area contributed by atoms with E-state index in [1.165, 1.54) is 19.3 Å². The number of aromatic nitrogens is 2. The first kappa shape index (κ1) is 20.5. The number of carboxylic acid groups (broad SMARTS) is 1. The predicted octanol–water partition coefficient (Wildman–Crippen LogP) is 1.51. The number of rotatable bonds is 7. The van der Waals surface area contributed by atoms with Crippen LogP contribution in [0.5, 0.6) is 0 Å². The average molecular weight is 395 g/mol. The highest BCUT2D eigenvalue weighted by Crippen LogP contribution is 2.12. The average Bonchev–Trinajstić information content (AvgIpc) is 2.73. The fourth-order valence-electron chi connectivity index (χ4n) is 3.21. The van der Waals surface area contributed by atoms with Gasteiger partial charge in [0.2, 0.25) is 11.9 Å². The van der Waals surface area contributed by atoms with Crippen LogP contribution in [0.3, 0.4) is 0 Å². The number of piperazine rings is 1. The van der Waals surface area contributed by atoms with Crippen molar-refractivity contribution in [2.75, 3.05) is 37.6 Å². The molecule has 1 unspecified atom stereocenters. The van der Waals surface area contributed by atoms with Gasteiger partial charge in [-0.15, -0.1) is 0 Å². The van der Waals surface area contributed by atoms with Crippen LogP contribution < -0.4 is 10.2 Å². The van der Waals surface area contributed by atoms with Gasteiger partial charge in [0, 0.05) is 52.0 Å². The van der Waals surface area contributed by atoms with E-state index in [4.69, 9.17) is 5.11 Å². The minimum Gasteiger partial charge on any atom is -0.478 e. The van der Waals surface area contributed by atoms with Gasteiger partial charge in [-0.3, -0.25) is 9.69 Å². The number of nitrogens with one attached hydrogen (secondary N) is 1. The molecule has 0 bridgehead atoms. The van der Waals surface area contributed by atoms with Gasteiger partial charge < -0.3 is 15.3 Å². The van der Waals surface area contributed by atoms with Crippen LogP contribution in [0.15, 0.2) is 48.8 Å². The third kappa shape index (κ3) is 6.11. The number of benzene rings is 1. The first-order valence-electron chi connectivity index (χ1n) is 9.54. The largest absolute Gasteiger partial charge is 0.478 e. The van der Waals surface area contributed by atoms with Crippen molar-refractivity contribution in [1.29, 1.82) is 0 Å². The minimum absolute atomic E-state index is 0.0572. The van der Waals surface area contributed by atoms with Gasteiger partial charge in [-0.2, -0.15) is 0 Å². The Hall–Kier alpha value is -3.26. The molecule has 3 rings (SSSR count). The van der Waals surface area contributed by atoms with Crippen LogP contribution in [-0.4, -0.2) is 70.6 Å². The summed E-state index contributed by atoms with van der Waals surface area (Å²) in [4.78, 5) is 35.2. The van der Waals surface area contributed by atoms with Crippen molar-refractivity contribution in [2.45, 2.75) is 13.0 Å². The molecule has 1 fully saturated rings. The topological polar surface area (TPSA) is 98.7 Å². The van der Waals surface area contributed by atoms with Gasteiger partial charge in [-0.1, -0.05) is 42.5 Å². The molecule has 2 heterocycles.